The summed E-state index contributed by atoms with van der Waals surface area (Å²) < 4.78 is 4.65. The summed E-state index contributed by atoms with van der Waals surface area (Å²) in [7, 11) is 1.30. The highest BCUT2D eigenvalue weighted by atomic mass is 16.5. The van der Waals surface area contributed by atoms with Gasteiger partial charge in [0.25, 0.3) is 0 Å². The Labute approximate surface area is 133 Å². The van der Waals surface area contributed by atoms with Gasteiger partial charge in [-0.1, -0.05) is 25.9 Å². The molecule has 5 atom stereocenters. The summed E-state index contributed by atoms with van der Waals surface area (Å²) in [5.74, 6) is -0.997. The van der Waals surface area contributed by atoms with E-state index >= 15 is 0 Å². The molecule has 22 heavy (non-hydrogen) atoms. The molecule has 0 aliphatic carbocycles. The van der Waals surface area contributed by atoms with Gasteiger partial charge in [-0.25, -0.2) is 0 Å². The van der Waals surface area contributed by atoms with Crippen LogP contribution in [-0.4, -0.2) is 46.9 Å². The summed E-state index contributed by atoms with van der Waals surface area (Å²) in [4.78, 5) is 11.5. The Hall–Kier alpha value is -1.14. The minimum Gasteiger partial charge on any atom is -0.469 e. The zero-order valence-electron chi connectivity index (χ0n) is 14.3. The number of oxime groups is 1. The minimum atomic E-state index is -0.800. The van der Waals surface area contributed by atoms with Crippen LogP contribution in [0, 0.1) is 23.7 Å². The lowest BCUT2D eigenvalue weighted by Gasteiger charge is -2.26. The quantitative estimate of drug-likeness (QED) is 0.248. The number of esters is 1. The molecule has 0 saturated heterocycles. The van der Waals surface area contributed by atoms with Crippen molar-refractivity contribution in [2.24, 2.45) is 28.8 Å². The summed E-state index contributed by atoms with van der Waals surface area (Å²) in [6, 6.07) is 0. The van der Waals surface area contributed by atoms with E-state index in [1.807, 2.05) is 20.8 Å². The van der Waals surface area contributed by atoms with Crippen LogP contribution in [0.4, 0.5) is 0 Å². The first-order chi connectivity index (χ1) is 10.3. The van der Waals surface area contributed by atoms with Gasteiger partial charge in [0, 0.05) is 6.61 Å². The Kier molecular flexibility index (Phi) is 10.0. The highest BCUT2D eigenvalue weighted by Gasteiger charge is 2.29. The molecule has 0 rings (SSSR count). The van der Waals surface area contributed by atoms with E-state index in [-0.39, 0.29) is 24.4 Å². The van der Waals surface area contributed by atoms with Crippen LogP contribution in [-0.2, 0) is 9.53 Å². The molecule has 0 fully saturated rings. The molecule has 0 saturated carbocycles. The standard InChI is InChI=1S/C16H31NO5/c1-10(9-18)6-7-14(17-21)11(2)8-12(3)15(19)13(4)16(20)22-5/h10-13,15,18-19,21H,6-9H2,1-5H3/t10-,11-,12-,13+,15-/m0/s1. The van der Waals surface area contributed by atoms with Gasteiger partial charge in [0.1, 0.15) is 0 Å². The van der Waals surface area contributed by atoms with E-state index in [2.05, 4.69) is 9.89 Å². The van der Waals surface area contributed by atoms with Crippen LogP contribution in [0.15, 0.2) is 5.16 Å². The normalized spacial score (nSPS) is 19.1. The lowest BCUT2D eigenvalue weighted by atomic mass is 9.84. The number of aliphatic hydroxyl groups is 2. The van der Waals surface area contributed by atoms with Gasteiger partial charge in [-0.2, -0.15) is 0 Å². The smallest absolute Gasteiger partial charge is 0.311 e. The average molecular weight is 317 g/mol. The van der Waals surface area contributed by atoms with Gasteiger partial charge in [-0.05, 0) is 43.9 Å². The molecule has 0 unspecified atom stereocenters. The highest BCUT2D eigenvalue weighted by Crippen LogP contribution is 2.24. The lowest BCUT2D eigenvalue weighted by molar-refractivity contribution is -0.149. The number of hydrogen-bond donors (Lipinski definition) is 3. The molecule has 0 bridgehead atoms. The Morgan fingerprint density at radius 3 is 2.27 bits per heavy atom. The minimum absolute atomic E-state index is 0.00890. The van der Waals surface area contributed by atoms with Gasteiger partial charge in [-0.15, -0.1) is 0 Å². The third-order valence-electron chi connectivity index (χ3n) is 4.30. The molecule has 130 valence electrons. The molecule has 0 aliphatic heterocycles. The first-order valence-corrected chi connectivity index (χ1v) is 7.85. The maximum absolute atomic E-state index is 11.5. The molecule has 6 nitrogen and oxygen atoms in total. The number of rotatable bonds is 10. The van der Waals surface area contributed by atoms with Gasteiger partial charge in [0.05, 0.1) is 24.8 Å². The third kappa shape index (κ3) is 6.75. The summed E-state index contributed by atoms with van der Waals surface area (Å²) in [6.07, 6.45) is 1.16. The molecular formula is C16H31NO5. The molecule has 0 aromatic heterocycles. The largest absolute Gasteiger partial charge is 0.469 e. The number of nitrogens with zero attached hydrogens (tertiary/aromatic N) is 1. The summed E-state index contributed by atoms with van der Waals surface area (Å²) >= 11 is 0. The van der Waals surface area contributed by atoms with Crippen molar-refractivity contribution in [3.05, 3.63) is 0 Å². The van der Waals surface area contributed by atoms with E-state index in [1.54, 1.807) is 6.92 Å². The number of aliphatic hydroxyl groups excluding tert-OH is 2. The fourth-order valence-electron chi connectivity index (χ4n) is 2.53. The predicted octanol–water partition coefficient (Wildman–Crippen LogP) is 2.06. The van der Waals surface area contributed by atoms with Crippen LogP contribution in [0.2, 0.25) is 0 Å². The second kappa shape index (κ2) is 10.6. The van der Waals surface area contributed by atoms with Crippen LogP contribution in [0.3, 0.4) is 0 Å². The first kappa shape index (κ1) is 20.9. The van der Waals surface area contributed by atoms with Crippen LogP contribution in [0.5, 0.6) is 0 Å². The highest BCUT2D eigenvalue weighted by molar-refractivity contribution is 5.86. The zero-order chi connectivity index (χ0) is 17.3. The molecular weight excluding hydrogens is 286 g/mol. The van der Waals surface area contributed by atoms with Crippen molar-refractivity contribution in [1.82, 2.24) is 0 Å². The van der Waals surface area contributed by atoms with Gasteiger partial charge < -0.3 is 20.2 Å². The summed E-state index contributed by atoms with van der Waals surface area (Å²) in [6.45, 7) is 7.49. The van der Waals surface area contributed by atoms with Crippen molar-refractivity contribution >= 4 is 11.7 Å². The van der Waals surface area contributed by atoms with E-state index in [9.17, 15) is 9.90 Å². The number of carbonyl (C=O) groups is 1. The van der Waals surface area contributed by atoms with Crippen molar-refractivity contribution in [3.8, 4) is 0 Å². The third-order valence-corrected chi connectivity index (χ3v) is 4.30. The van der Waals surface area contributed by atoms with Crippen LogP contribution >= 0.6 is 0 Å². The van der Waals surface area contributed by atoms with Gasteiger partial charge in [0.15, 0.2) is 0 Å². The SMILES string of the molecule is COC(=O)[C@H](C)[C@@H](O)[C@@H](C)C[C@H](C)C(CC[C@H](C)CO)=NO. The fourth-order valence-corrected chi connectivity index (χ4v) is 2.53. The molecule has 0 aliphatic rings. The molecule has 0 aromatic rings. The number of hydrogen-bond acceptors (Lipinski definition) is 6. The maximum Gasteiger partial charge on any atom is 0.311 e. The van der Waals surface area contributed by atoms with E-state index in [0.717, 1.165) is 6.42 Å². The molecule has 3 N–H and O–H groups in total. The van der Waals surface area contributed by atoms with Crippen molar-refractivity contribution in [3.63, 3.8) is 0 Å². The molecule has 0 heterocycles. The Morgan fingerprint density at radius 2 is 1.82 bits per heavy atom. The Bertz CT molecular complexity index is 358. The molecule has 0 aromatic carbocycles. The van der Waals surface area contributed by atoms with Crippen LogP contribution < -0.4 is 0 Å². The molecule has 0 radical (unpaired) electrons. The van der Waals surface area contributed by atoms with Crippen LogP contribution in [0.1, 0.15) is 47.0 Å². The summed E-state index contributed by atoms with van der Waals surface area (Å²) in [5, 5.41) is 31.8. The van der Waals surface area contributed by atoms with Gasteiger partial charge in [-0.3, -0.25) is 4.79 Å². The van der Waals surface area contributed by atoms with Crippen molar-refractivity contribution in [1.29, 1.82) is 0 Å². The zero-order valence-corrected chi connectivity index (χ0v) is 14.3. The maximum atomic E-state index is 11.5. The molecule has 0 spiro atoms. The van der Waals surface area contributed by atoms with Crippen molar-refractivity contribution < 1.29 is 25.0 Å². The van der Waals surface area contributed by atoms with E-state index in [1.165, 1.54) is 7.11 Å². The average Bonchev–Trinajstić information content (AvgIpc) is 2.52. The summed E-state index contributed by atoms with van der Waals surface area (Å²) in [5.41, 5.74) is 0.657. The number of ether oxygens (including phenoxy) is 1. The van der Waals surface area contributed by atoms with E-state index in [0.29, 0.717) is 18.6 Å². The fraction of sp³-hybridized carbons (Fsp3) is 0.875. The predicted molar refractivity (Wildman–Crippen MR) is 84.8 cm³/mol. The van der Waals surface area contributed by atoms with Crippen molar-refractivity contribution in [2.75, 3.05) is 13.7 Å². The van der Waals surface area contributed by atoms with Crippen molar-refractivity contribution in [2.45, 2.75) is 53.1 Å². The topological polar surface area (TPSA) is 99.4 Å². The Balaban J connectivity index is 4.54. The molecule has 0 amide bonds. The second-order valence-corrected chi connectivity index (χ2v) is 6.33. The van der Waals surface area contributed by atoms with Gasteiger partial charge >= 0.3 is 5.97 Å². The molecule has 6 heteroatoms. The second-order valence-electron chi connectivity index (χ2n) is 6.33. The Morgan fingerprint density at radius 1 is 1.23 bits per heavy atom. The first-order valence-electron chi connectivity index (χ1n) is 7.85. The number of carbonyl (C=O) groups excluding carboxylic acids is 1. The van der Waals surface area contributed by atoms with E-state index < -0.39 is 18.0 Å². The monoisotopic (exact) mass is 317 g/mol. The van der Waals surface area contributed by atoms with E-state index in [4.69, 9.17) is 10.3 Å². The van der Waals surface area contributed by atoms with Crippen LogP contribution in [0.25, 0.3) is 0 Å². The lowest BCUT2D eigenvalue weighted by Crippen LogP contribution is -2.33. The number of methoxy groups -OCH3 is 1. The van der Waals surface area contributed by atoms with Gasteiger partial charge in [0.2, 0.25) is 0 Å².